The van der Waals surface area contributed by atoms with Crippen LogP contribution in [0, 0.1) is 5.92 Å². The summed E-state index contributed by atoms with van der Waals surface area (Å²) in [5.41, 5.74) is 2.12. The Kier molecular flexibility index (Phi) is 4.34. The van der Waals surface area contributed by atoms with Gasteiger partial charge in [-0.15, -0.1) is 0 Å². The van der Waals surface area contributed by atoms with Gasteiger partial charge in [0, 0.05) is 17.9 Å². The summed E-state index contributed by atoms with van der Waals surface area (Å²) < 4.78 is 22.2. The zero-order valence-electron chi connectivity index (χ0n) is 16.6. The Bertz CT molecular complexity index is 817. The molecule has 0 aromatic heterocycles. The Labute approximate surface area is 160 Å². The normalized spacial score (nSPS) is 29.7. The van der Waals surface area contributed by atoms with Crippen molar-refractivity contribution in [1.82, 2.24) is 4.90 Å². The molecule has 3 aliphatic rings. The first-order valence-corrected chi connectivity index (χ1v) is 9.31. The lowest BCUT2D eigenvalue weighted by atomic mass is 9.52. The fraction of sp³-hybridized carbons (Fsp3) is 0.571. The number of piperidine rings is 1. The molecule has 1 fully saturated rings. The largest absolute Gasteiger partial charge is 0.497 e. The number of Topliss-reactive ketones (excluding diaryl/α,β-unsaturated/α-hetero) is 1. The van der Waals surface area contributed by atoms with Gasteiger partial charge in [-0.05, 0) is 49.7 Å². The van der Waals surface area contributed by atoms with E-state index in [1.54, 1.807) is 28.4 Å². The number of allylic oxidation sites excluding steroid dienone is 2. The van der Waals surface area contributed by atoms with Gasteiger partial charge >= 0.3 is 0 Å². The molecule has 0 radical (unpaired) electrons. The van der Waals surface area contributed by atoms with E-state index in [-0.39, 0.29) is 23.2 Å². The minimum absolute atomic E-state index is 0.0533. The molecule has 3 atom stereocenters. The van der Waals surface area contributed by atoms with E-state index in [1.165, 1.54) is 11.1 Å². The van der Waals surface area contributed by atoms with Crippen molar-refractivity contribution in [2.24, 2.45) is 5.92 Å². The number of ether oxygens (including phenoxy) is 4. The number of hydrogen-bond acceptors (Lipinski definition) is 6. The van der Waals surface area contributed by atoms with E-state index >= 15 is 0 Å². The molecular weight excluding hydrogens is 346 g/mol. The van der Waals surface area contributed by atoms with Gasteiger partial charge in [-0.3, -0.25) is 4.79 Å². The summed E-state index contributed by atoms with van der Waals surface area (Å²) in [6, 6.07) is 4.28. The number of fused-ring (bicyclic) bond motifs is 1. The van der Waals surface area contributed by atoms with E-state index in [0.717, 1.165) is 25.1 Å². The molecule has 1 aromatic carbocycles. The van der Waals surface area contributed by atoms with Crippen LogP contribution in [0.3, 0.4) is 0 Å². The summed E-state index contributed by atoms with van der Waals surface area (Å²) in [7, 11) is 8.57. The third kappa shape index (κ3) is 2.39. The Morgan fingerprint density at radius 3 is 2.37 bits per heavy atom. The fourth-order valence-corrected chi connectivity index (χ4v) is 5.42. The van der Waals surface area contributed by atoms with Crippen LogP contribution in [0.15, 0.2) is 23.7 Å². The highest BCUT2D eigenvalue weighted by molar-refractivity contribution is 5.99. The molecule has 6 nitrogen and oxygen atoms in total. The highest BCUT2D eigenvalue weighted by Crippen LogP contribution is 2.57. The molecule has 146 valence electrons. The maximum Gasteiger partial charge on any atom is 0.206 e. The Hall–Kier alpha value is -2.21. The molecule has 2 bridgehead atoms. The quantitative estimate of drug-likeness (QED) is 0.807. The van der Waals surface area contributed by atoms with Gasteiger partial charge in [0.05, 0.1) is 34.4 Å². The van der Waals surface area contributed by atoms with Crippen LogP contribution in [0.4, 0.5) is 0 Å². The van der Waals surface area contributed by atoms with E-state index in [0.29, 0.717) is 23.7 Å². The van der Waals surface area contributed by atoms with Gasteiger partial charge in [-0.25, -0.2) is 0 Å². The first-order valence-electron chi connectivity index (χ1n) is 9.31. The van der Waals surface area contributed by atoms with Crippen LogP contribution < -0.4 is 9.47 Å². The number of nitrogens with zero attached hydrogens (tertiary/aromatic N) is 1. The molecule has 4 rings (SSSR count). The van der Waals surface area contributed by atoms with Crippen LogP contribution in [-0.4, -0.2) is 58.8 Å². The lowest BCUT2D eigenvalue weighted by Crippen LogP contribution is -2.63. The van der Waals surface area contributed by atoms with E-state index < -0.39 is 0 Å². The van der Waals surface area contributed by atoms with Crippen molar-refractivity contribution in [3.8, 4) is 11.5 Å². The molecule has 3 unspecified atom stereocenters. The van der Waals surface area contributed by atoms with Gasteiger partial charge in [0.1, 0.15) is 5.76 Å². The number of carbonyl (C=O) groups excluding carboxylic acids is 1. The highest BCUT2D eigenvalue weighted by atomic mass is 16.5. The summed E-state index contributed by atoms with van der Waals surface area (Å²) in [5, 5.41) is 0. The van der Waals surface area contributed by atoms with Crippen LogP contribution >= 0.6 is 0 Å². The zero-order chi connectivity index (χ0) is 19.3. The van der Waals surface area contributed by atoms with Gasteiger partial charge in [0.2, 0.25) is 5.78 Å². The first-order chi connectivity index (χ1) is 13.0. The third-order valence-electron chi connectivity index (χ3n) is 6.72. The molecule has 2 aliphatic carbocycles. The number of benzene rings is 1. The van der Waals surface area contributed by atoms with Crippen molar-refractivity contribution in [3.63, 3.8) is 0 Å². The molecule has 1 aromatic rings. The average molecular weight is 373 g/mol. The predicted octanol–water partition coefficient (Wildman–Crippen LogP) is 2.30. The van der Waals surface area contributed by atoms with E-state index in [1.807, 2.05) is 0 Å². The first kappa shape index (κ1) is 18.2. The van der Waals surface area contributed by atoms with Gasteiger partial charge in [-0.1, -0.05) is 0 Å². The van der Waals surface area contributed by atoms with Crippen LogP contribution in [0.2, 0.25) is 0 Å². The van der Waals surface area contributed by atoms with Gasteiger partial charge in [-0.2, -0.15) is 0 Å². The maximum absolute atomic E-state index is 13.5. The topological polar surface area (TPSA) is 57.2 Å². The Balaban J connectivity index is 1.96. The summed E-state index contributed by atoms with van der Waals surface area (Å²) >= 11 is 0. The minimum Gasteiger partial charge on any atom is -0.497 e. The van der Waals surface area contributed by atoms with Crippen molar-refractivity contribution in [2.45, 2.75) is 30.7 Å². The maximum atomic E-state index is 13.5. The number of likely N-dealkylation sites (N-methyl/N-ethyl adjacent to an activating group) is 1. The van der Waals surface area contributed by atoms with Crippen LogP contribution in [-0.2, 0) is 26.1 Å². The van der Waals surface area contributed by atoms with Crippen LogP contribution in [0.25, 0.3) is 0 Å². The summed E-state index contributed by atoms with van der Waals surface area (Å²) in [6.45, 7) is 0.946. The van der Waals surface area contributed by atoms with Gasteiger partial charge in [0.15, 0.2) is 17.3 Å². The second-order valence-corrected chi connectivity index (χ2v) is 7.70. The highest BCUT2D eigenvalue weighted by Gasteiger charge is 2.59. The molecule has 0 spiro atoms. The van der Waals surface area contributed by atoms with Crippen molar-refractivity contribution >= 4 is 5.78 Å². The smallest absolute Gasteiger partial charge is 0.206 e. The minimum atomic E-state index is -0.297. The molecule has 27 heavy (non-hydrogen) atoms. The molecule has 0 amide bonds. The zero-order valence-corrected chi connectivity index (χ0v) is 16.6. The SMILES string of the molecule is COC1=C(OC)C(=O)C2C3Cc4cc(OC)c(OC)cc4C2(CCN3C)C1. The number of ketones is 1. The molecule has 1 heterocycles. The predicted molar refractivity (Wildman–Crippen MR) is 100 cm³/mol. The van der Waals surface area contributed by atoms with E-state index in [9.17, 15) is 4.79 Å². The molecule has 0 saturated carbocycles. The second kappa shape index (κ2) is 6.44. The molecular formula is C21H27NO5. The Morgan fingerprint density at radius 2 is 1.74 bits per heavy atom. The number of rotatable bonds is 4. The molecule has 0 N–H and O–H groups in total. The fourth-order valence-electron chi connectivity index (χ4n) is 5.42. The lowest BCUT2D eigenvalue weighted by molar-refractivity contribution is -0.133. The molecule has 1 aliphatic heterocycles. The van der Waals surface area contributed by atoms with E-state index in [4.69, 9.17) is 18.9 Å². The second-order valence-electron chi connectivity index (χ2n) is 7.70. The monoisotopic (exact) mass is 373 g/mol. The number of hydrogen-bond donors (Lipinski definition) is 0. The van der Waals surface area contributed by atoms with Crippen LogP contribution in [0.5, 0.6) is 11.5 Å². The Morgan fingerprint density at radius 1 is 1.04 bits per heavy atom. The molecule has 6 heteroatoms. The molecule has 1 saturated heterocycles. The van der Waals surface area contributed by atoms with Crippen molar-refractivity contribution in [1.29, 1.82) is 0 Å². The van der Waals surface area contributed by atoms with Gasteiger partial charge < -0.3 is 23.8 Å². The van der Waals surface area contributed by atoms with Crippen molar-refractivity contribution in [2.75, 3.05) is 42.0 Å². The van der Waals surface area contributed by atoms with Gasteiger partial charge in [0.25, 0.3) is 0 Å². The third-order valence-corrected chi connectivity index (χ3v) is 6.72. The average Bonchev–Trinajstić information content (AvgIpc) is 2.69. The number of likely N-dealkylation sites (tertiary alicyclic amines) is 1. The number of carbonyl (C=O) groups is 1. The lowest BCUT2D eigenvalue weighted by Gasteiger charge is -2.57. The summed E-state index contributed by atoms with van der Waals surface area (Å²) in [5.74, 6) is 2.36. The van der Waals surface area contributed by atoms with Crippen molar-refractivity contribution < 1.29 is 23.7 Å². The number of methoxy groups -OCH3 is 4. The standard InChI is InChI=1S/C21H27NO5/c1-22-7-6-21-11-17(26-4)20(27-5)19(23)18(21)14(22)8-12-9-15(24-2)16(25-3)10-13(12)21/h9-10,14,18H,6-8,11H2,1-5H3. The van der Waals surface area contributed by atoms with Crippen molar-refractivity contribution in [3.05, 3.63) is 34.8 Å². The summed E-state index contributed by atoms with van der Waals surface area (Å²) in [6.07, 6.45) is 2.36. The van der Waals surface area contributed by atoms with E-state index in [2.05, 4.69) is 24.1 Å². The van der Waals surface area contributed by atoms with Crippen LogP contribution in [0.1, 0.15) is 24.0 Å². The summed E-state index contributed by atoms with van der Waals surface area (Å²) in [4.78, 5) is 15.8.